The minimum absolute atomic E-state index is 0.0516. The monoisotopic (exact) mass is 390 g/mol. The van der Waals surface area contributed by atoms with Crippen molar-refractivity contribution >= 4 is 55.0 Å². The molecule has 108 valence electrons. The van der Waals surface area contributed by atoms with Crippen LogP contribution in [0.25, 0.3) is 0 Å². The van der Waals surface area contributed by atoms with E-state index in [1.807, 2.05) is 6.26 Å². The van der Waals surface area contributed by atoms with Crippen LogP contribution < -0.4 is 5.73 Å². The van der Waals surface area contributed by atoms with Crippen molar-refractivity contribution in [2.24, 2.45) is 0 Å². The van der Waals surface area contributed by atoms with Gasteiger partial charge in [0.05, 0.1) is 15.2 Å². The van der Waals surface area contributed by atoms with Gasteiger partial charge in [-0.3, -0.25) is 0 Å². The van der Waals surface area contributed by atoms with Gasteiger partial charge in [-0.05, 0) is 28.3 Å². The number of rotatable bonds is 5. The summed E-state index contributed by atoms with van der Waals surface area (Å²) in [6.45, 7) is 0.274. The van der Waals surface area contributed by atoms with Gasteiger partial charge in [0.1, 0.15) is 4.90 Å². The highest BCUT2D eigenvalue weighted by Crippen LogP contribution is 2.35. The third kappa shape index (κ3) is 3.55. The number of hydrogen-bond donors (Lipinski definition) is 1. The Hall–Kier alpha value is -0.0200. The quantitative estimate of drug-likeness (QED) is 0.619. The molecule has 0 spiro atoms. The third-order valence-corrected chi connectivity index (χ3v) is 6.28. The van der Waals surface area contributed by atoms with E-state index in [9.17, 15) is 12.8 Å². The Morgan fingerprint density at radius 1 is 1.58 bits per heavy atom. The summed E-state index contributed by atoms with van der Waals surface area (Å²) < 4.78 is 39.7. The highest BCUT2D eigenvalue weighted by atomic mass is 79.9. The second-order valence-electron chi connectivity index (χ2n) is 3.72. The molecule has 0 amide bonds. The first-order chi connectivity index (χ1) is 8.73. The van der Waals surface area contributed by atoms with Gasteiger partial charge in [0.15, 0.2) is 5.82 Å². The Morgan fingerprint density at radius 2 is 2.16 bits per heavy atom. The summed E-state index contributed by atoms with van der Waals surface area (Å²) in [7, 11) is -2.56. The van der Waals surface area contributed by atoms with Crippen LogP contribution in [0, 0.1) is 5.82 Å². The molecule has 9 heteroatoms. The van der Waals surface area contributed by atoms with Crippen molar-refractivity contribution in [1.29, 1.82) is 0 Å². The topological polar surface area (TPSA) is 63.4 Å². The van der Waals surface area contributed by atoms with E-state index in [0.717, 1.165) is 10.4 Å². The van der Waals surface area contributed by atoms with Crippen LogP contribution in [0.15, 0.2) is 15.4 Å². The number of nitrogens with zero attached hydrogens (tertiary/aromatic N) is 1. The van der Waals surface area contributed by atoms with Crippen molar-refractivity contribution in [3.8, 4) is 0 Å². The van der Waals surface area contributed by atoms with Crippen LogP contribution in [-0.2, 0) is 10.0 Å². The Balaban J connectivity index is 3.30. The van der Waals surface area contributed by atoms with E-state index in [-0.39, 0.29) is 21.7 Å². The number of sulfonamides is 1. The summed E-state index contributed by atoms with van der Waals surface area (Å²) in [5, 5.41) is 0.0516. The zero-order chi connectivity index (χ0) is 14.8. The van der Waals surface area contributed by atoms with Gasteiger partial charge in [0.25, 0.3) is 0 Å². The maximum atomic E-state index is 14.0. The molecule has 0 aliphatic heterocycles. The highest BCUT2D eigenvalue weighted by Gasteiger charge is 2.27. The fraction of sp³-hybridized carbons (Fsp3) is 0.400. The molecule has 0 heterocycles. The number of nitrogens with two attached hydrogens (primary N) is 1. The van der Waals surface area contributed by atoms with Crippen molar-refractivity contribution in [2.75, 3.05) is 31.3 Å². The molecule has 0 unspecified atom stereocenters. The summed E-state index contributed by atoms with van der Waals surface area (Å²) in [5.74, 6) is -0.385. The normalized spacial score (nSPS) is 12.1. The van der Waals surface area contributed by atoms with Crippen LogP contribution >= 0.6 is 39.3 Å². The lowest BCUT2D eigenvalue weighted by molar-refractivity contribution is 0.480. The van der Waals surface area contributed by atoms with Gasteiger partial charge in [-0.2, -0.15) is 11.8 Å². The predicted molar refractivity (Wildman–Crippen MR) is 81.7 cm³/mol. The molecule has 0 radical (unpaired) electrons. The van der Waals surface area contributed by atoms with Crippen molar-refractivity contribution in [1.82, 2.24) is 4.31 Å². The van der Waals surface area contributed by atoms with Gasteiger partial charge in [0.2, 0.25) is 10.0 Å². The fourth-order valence-electron chi connectivity index (χ4n) is 1.30. The first-order valence-corrected chi connectivity index (χ1v) is 9.12. The first-order valence-electron chi connectivity index (χ1n) is 5.11. The number of anilines is 1. The predicted octanol–water partition coefficient (Wildman–Crippen LogP) is 2.81. The van der Waals surface area contributed by atoms with Crippen molar-refractivity contribution in [2.45, 2.75) is 4.90 Å². The van der Waals surface area contributed by atoms with Gasteiger partial charge in [-0.15, -0.1) is 0 Å². The molecule has 0 saturated heterocycles. The number of halogens is 3. The Bertz CT molecular complexity index is 583. The molecule has 0 aromatic heterocycles. The van der Waals surface area contributed by atoms with Gasteiger partial charge < -0.3 is 5.73 Å². The van der Waals surface area contributed by atoms with Crippen LogP contribution in [0.2, 0.25) is 5.02 Å². The summed E-state index contributed by atoms with van der Waals surface area (Å²) in [4.78, 5) is -0.512. The van der Waals surface area contributed by atoms with Crippen LogP contribution in [0.5, 0.6) is 0 Å². The minimum atomic E-state index is -3.94. The van der Waals surface area contributed by atoms with E-state index in [1.165, 1.54) is 18.8 Å². The minimum Gasteiger partial charge on any atom is -0.395 e. The summed E-state index contributed by atoms with van der Waals surface area (Å²) >= 11 is 10.3. The summed E-state index contributed by atoms with van der Waals surface area (Å²) in [6.07, 6.45) is 1.86. The molecule has 1 aromatic carbocycles. The van der Waals surface area contributed by atoms with E-state index < -0.39 is 20.7 Å². The maximum Gasteiger partial charge on any atom is 0.245 e. The SMILES string of the molecule is CSCCN(C)S(=O)(=O)c1cc(Cl)c(Br)c(N)c1F. The number of benzene rings is 1. The van der Waals surface area contributed by atoms with E-state index >= 15 is 0 Å². The molecule has 1 rings (SSSR count). The maximum absolute atomic E-state index is 14.0. The molecule has 0 aliphatic rings. The van der Waals surface area contributed by atoms with Crippen LogP contribution in [-0.4, -0.2) is 38.3 Å². The molecule has 0 atom stereocenters. The average Bonchev–Trinajstić information content (AvgIpc) is 2.37. The molecule has 0 aliphatic carbocycles. The standard InChI is InChI=1S/C10H13BrClFN2O2S2/c1-15(3-4-18-2)19(16,17)7-5-6(12)8(11)10(14)9(7)13/h5H,3-4,14H2,1-2H3. The van der Waals surface area contributed by atoms with Crippen LogP contribution in [0.4, 0.5) is 10.1 Å². The lowest BCUT2D eigenvalue weighted by atomic mass is 10.3. The first kappa shape index (κ1) is 17.0. The van der Waals surface area contributed by atoms with Crippen LogP contribution in [0.3, 0.4) is 0 Å². The van der Waals surface area contributed by atoms with E-state index in [1.54, 1.807) is 0 Å². The summed E-state index contributed by atoms with van der Waals surface area (Å²) in [6, 6.07) is 1.06. The molecule has 1 aromatic rings. The van der Waals surface area contributed by atoms with Gasteiger partial charge in [-0.25, -0.2) is 17.1 Å². The van der Waals surface area contributed by atoms with Crippen LogP contribution in [0.1, 0.15) is 0 Å². The largest absolute Gasteiger partial charge is 0.395 e. The number of hydrogen-bond acceptors (Lipinski definition) is 4. The Kier molecular flexibility index (Phi) is 5.94. The fourth-order valence-corrected chi connectivity index (χ4v) is 3.70. The average molecular weight is 392 g/mol. The second-order valence-corrected chi connectivity index (χ2v) is 7.92. The molecule has 2 N–H and O–H groups in total. The molecule has 19 heavy (non-hydrogen) atoms. The van der Waals surface area contributed by atoms with Gasteiger partial charge in [0, 0.05) is 19.3 Å². The van der Waals surface area contributed by atoms with E-state index in [0.29, 0.717) is 5.75 Å². The van der Waals surface area contributed by atoms with Crippen molar-refractivity contribution in [3.63, 3.8) is 0 Å². The second kappa shape index (κ2) is 6.62. The summed E-state index contributed by atoms with van der Waals surface area (Å²) in [5.41, 5.74) is 5.17. The molecule has 0 fully saturated rings. The zero-order valence-corrected chi connectivity index (χ0v) is 14.3. The molecule has 0 saturated carbocycles. The number of nitrogen functional groups attached to an aromatic ring is 1. The van der Waals surface area contributed by atoms with Gasteiger partial charge in [-0.1, -0.05) is 11.6 Å². The molecule has 0 bridgehead atoms. The highest BCUT2D eigenvalue weighted by molar-refractivity contribution is 9.10. The molecule has 4 nitrogen and oxygen atoms in total. The van der Waals surface area contributed by atoms with E-state index in [2.05, 4.69) is 15.9 Å². The van der Waals surface area contributed by atoms with Crippen molar-refractivity contribution < 1.29 is 12.8 Å². The Labute approximate surface area is 129 Å². The van der Waals surface area contributed by atoms with Crippen molar-refractivity contribution in [3.05, 3.63) is 21.4 Å². The lowest BCUT2D eigenvalue weighted by Crippen LogP contribution is -2.30. The van der Waals surface area contributed by atoms with Gasteiger partial charge >= 0.3 is 0 Å². The molecular weight excluding hydrogens is 379 g/mol. The third-order valence-electron chi connectivity index (χ3n) is 2.46. The Morgan fingerprint density at radius 3 is 2.68 bits per heavy atom. The lowest BCUT2D eigenvalue weighted by Gasteiger charge is -2.18. The zero-order valence-electron chi connectivity index (χ0n) is 10.3. The van der Waals surface area contributed by atoms with E-state index in [4.69, 9.17) is 17.3 Å². The molecular formula is C10H13BrClFN2O2S2. The number of thioether (sulfide) groups is 1. The smallest absolute Gasteiger partial charge is 0.245 e.